The van der Waals surface area contributed by atoms with Gasteiger partial charge in [0.05, 0.1) is 12.1 Å². The number of unbranched alkanes of at least 4 members (excludes halogenated alkanes) is 1. The largest absolute Gasteiger partial charge is 0.374 e. The summed E-state index contributed by atoms with van der Waals surface area (Å²) < 4.78 is 0. The van der Waals surface area contributed by atoms with E-state index in [2.05, 4.69) is 27.8 Å². The number of ketones is 1. The lowest BCUT2D eigenvalue weighted by Crippen LogP contribution is -2.62. The van der Waals surface area contributed by atoms with Crippen LogP contribution in [-0.4, -0.2) is 100 Å². The normalized spacial score (nSPS) is 21.8. The van der Waals surface area contributed by atoms with Crippen LogP contribution < -0.4 is 21.3 Å². The van der Waals surface area contributed by atoms with E-state index in [1.54, 1.807) is 0 Å². The molecule has 0 aromatic heterocycles. The lowest BCUT2D eigenvalue weighted by molar-refractivity contribution is -0.144. The van der Waals surface area contributed by atoms with Crippen LogP contribution in [0.1, 0.15) is 101 Å². The number of Topliss-reactive ketones (excluding diaryl/α,β-unsaturated/α-hetero) is 1. The van der Waals surface area contributed by atoms with E-state index in [1.807, 2.05) is 62.3 Å². The van der Waals surface area contributed by atoms with Crippen molar-refractivity contribution < 1.29 is 33.9 Å². The molecule has 2 unspecified atom stereocenters. The molecule has 0 saturated carbocycles. The van der Waals surface area contributed by atoms with Gasteiger partial charge in [0.25, 0.3) is 5.91 Å². The average Bonchev–Trinajstić information content (AvgIpc) is 3.58. The molecule has 0 spiro atoms. The summed E-state index contributed by atoms with van der Waals surface area (Å²) in [6.07, 6.45) is 3.31. The van der Waals surface area contributed by atoms with Gasteiger partial charge in [-0.2, -0.15) is 0 Å². The maximum absolute atomic E-state index is 14.4. The third kappa shape index (κ3) is 10.8. The standard InChI is InChI=1S/C35H60N6O7/c1-11-13-14-23(28(44)31(46)36-18-12-2)37-30(45)27-22(21(3)4)17-19-40(27)32(47)29(35(8,9)10)39-33(48)38-24(34(5,6)7)20-41-25(42)15-16-26(41)43/h12,21-25,27,29,42H,2,11,13-20H2,1,3-10H3,(H,36,46)(H,37,45)(H2,38,39,48)/t22-,23?,24-,25?,27+,29-/m1/s1. The van der Waals surface area contributed by atoms with Gasteiger partial charge in [0, 0.05) is 32.5 Å². The molecule has 0 aliphatic carbocycles. The highest BCUT2D eigenvalue weighted by atomic mass is 16.3. The second-order valence-corrected chi connectivity index (χ2v) is 15.6. The number of likely N-dealkylation sites (tertiary alicyclic amines) is 2. The van der Waals surface area contributed by atoms with Gasteiger partial charge in [0.1, 0.15) is 18.3 Å². The summed E-state index contributed by atoms with van der Waals surface area (Å²) in [5.41, 5.74) is -1.25. The SMILES string of the molecule is C=CCNC(=O)C(=O)C(CCCC)NC(=O)[C@@H]1[C@@H](C(C)C)CCN1C(=O)[C@@H](NC(=O)N[C@H](CN1C(=O)CCC1O)C(C)(C)C)C(C)(C)C. The molecule has 2 aliphatic heterocycles. The summed E-state index contributed by atoms with van der Waals surface area (Å²) in [7, 11) is 0. The number of carbonyl (C=O) groups excluding carboxylic acids is 6. The van der Waals surface area contributed by atoms with Crippen LogP contribution in [0.25, 0.3) is 0 Å². The summed E-state index contributed by atoms with van der Waals surface area (Å²) >= 11 is 0. The molecule has 0 aromatic carbocycles. The van der Waals surface area contributed by atoms with Crippen molar-refractivity contribution in [2.75, 3.05) is 19.6 Å². The van der Waals surface area contributed by atoms with Crippen LogP contribution in [0.15, 0.2) is 12.7 Å². The third-order valence-corrected chi connectivity index (χ3v) is 9.38. The van der Waals surface area contributed by atoms with E-state index in [4.69, 9.17) is 0 Å². The molecule has 48 heavy (non-hydrogen) atoms. The number of hydrogen-bond acceptors (Lipinski definition) is 7. The van der Waals surface area contributed by atoms with Crippen molar-refractivity contribution in [2.24, 2.45) is 22.7 Å². The number of carbonyl (C=O) groups is 6. The number of aliphatic hydroxyl groups excluding tert-OH is 1. The Bertz CT molecular complexity index is 1190. The molecule has 0 radical (unpaired) electrons. The van der Waals surface area contributed by atoms with Gasteiger partial charge < -0.3 is 36.2 Å². The van der Waals surface area contributed by atoms with Crippen molar-refractivity contribution >= 4 is 35.4 Å². The van der Waals surface area contributed by atoms with Crippen molar-refractivity contribution in [3.05, 3.63) is 12.7 Å². The Kier molecular flexibility index (Phi) is 14.6. The maximum Gasteiger partial charge on any atom is 0.315 e. The minimum atomic E-state index is -1.05. The maximum atomic E-state index is 14.4. The quantitative estimate of drug-likeness (QED) is 0.131. The molecule has 13 heteroatoms. The van der Waals surface area contributed by atoms with Crippen LogP contribution in [0, 0.1) is 22.7 Å². The summed E-state index contributed by atoms with van der Waals surface area (Å²) in [6.45, 7) is 21.2. The predicted molar refractivity (Wildman–Crippen MR) is 183 cm³/mol. The zero-order chi connectivity index (χ0) is 36.6. The van der Waals surface area contributed by atoms with Gasteiger partial charge in [0.15, 0.2) is 0 Å². The fourth-order valence-electron chi connectivity index (χ4n) is 6.26. The van der Waals surface area contributed by atoms with E-state index in [0.29, 0.717) is 19.3 Å². The van der Waals surface area contributed by atoms with E-state index >= 15 is 0 Å². The fourth-order valence-corrected chi connectivity index (χ4v) is 6.26. The summed E-state index contributed by atoms with van der Waals surface area (Å²) in [5.74, 6) is -2.87. The van der Waals surface area contributed by atoms with Crippen LogP contribution in [-0.2, 0) is 24.0 Å². The Labute approximate surface area is 286 Å². The van der Waals surface area contributed by atoms with Crippen molar-refractivity contribution in [1.29, 1.82) is 0 Å². The van der Waals surface area contributed by atoms with E-state index < -0.39 is 70.8 Å². The molecule has 0 aromatic rings. The Hall–Kier alpha value is -3.48. The van der Waals surface area contributed by atoms with Gasteiger partial charge in [-0.1, -0.05) is 81.2 Å². The first-order chi connectivity index (χ1) is 22.2. The molecular weight excluding hydrogens is 616 g/mol. The molecule has 6 amide bonds. The molecule has 5 N–H and O–H groups in total. The topological polar surface area (TPSA) is 177 Å². The minimum absolute atomic E-state index is 0.0276. The third-order valence-electron chi connectivity index (χ3n) is 9.38. The lowest BCUT2D eigenvalue weighted by atomic mass is 9.84. The number of amides is 6. The second kappa shape index (κ2) is 17.3. The first-order valence-corrected chi connectivity index (χ1v) is 17.3. The Morgan fingerprint density at radius 1 is 1.00 bits per heavy atom. The lowest BCUT2D eigenvalue weighted by Gasteiger charge is -2.39. The smallest absolute Gasteiger partial charge is 0.315 e. The number of aliphatic hydroxyl groups is 1. The van der Waals surface area contributed by atoms with Crippen LogP contribution in [0.4, 0.5) is 4.79 Å². The van der Waals surface area contributed by atoms with Crippen LogP contribution >= 0.6 is 0 Å². The molecule has 2 aliphatic rings. The summed E-state index contributed by atoms with van der Waals surface area (Å²) in [4.78, 5) is 82.7. The summed E-state index contributed by atoms with van der Waals surface area (Å²) in [5, 5.41) is 21.4. The zero-order valence-corrected chi connectivity index (χ0v) is 30.5. The van der Waals surface area contributed by atoms with E-state index in [0.717, 1.165) is 6.42 Å². The highest BCUT2D eigenvalue weighted by molar-refractivity contribution is 6.38. The molecule has 13 nitrogen and oxygen atoms in total. The Balaban J connectivity index is 2.33. The van der Waals surface area contributed by atoms with Crippen molar-refractivity contribution in [3.63, 3.8) is 0 Å². The van der Waals surface area contributed by atoms with Crippen LogP contribution in [0.5, 0.6) is 0 Å². The first-order valence-electron chi connectivity index (χ1n) is 17.3. The number of nitrogens with one attached hydrogen (secondary N) is 4. The highest BCUT2D eigenvalue weighted by Gasteiger charge is 2.48. The molecule has 2 fully saturated rings. The van der Waals surface area contributed by atoms with Gasteiger partial charge in [-0.05, 0) is 35.5 Å². The molecule has 2 heterocycles. The molecular formula is C35H60N6O7. The zero-order valence-electron chi connectivity index (χ0n) is 30.5. The van der Waals surface area contributed by atoms with E-state index in [-0.39, 0.29) is 50.2 Å². The van der Waals surface area contributed by atoms with Crippen LogP contribution in [0.3, 0.4) is 0 Å². The van der Waals surface area contributed by atoms with Gasteiger partial charge in [-0.25, -0.2) is 4.79 Å². The molecule has 272 valence electrons. The highest BCUT2D eigenvalue weighted by Crippen LogP contribution is 2.34. The monoisotopic (exact) mass is 676 g/mol. The molecule has 6 atom stereocenters. The first kappa shape index (κ1) is 40.7. The van der Waals surface area contributed by atoms with E-state index in [1.165, 1.54) is 15.9 Å². The van der Waals surface area contributed by atoms with Crippen molar-refractivity contribution in [1.82, 2.24) is 31.1 Å². The number of hydrogen-bond donors (Lipinski definition) is 5. The van der Waals surface area contributed by atoms with E-state index in [9.17, 15) is 33.9 Å². The Morgan fingerprint density at radius 3 is 2.15 bits per heavy atom. The molecule has 0 bridgehead atoms. The van der Waals surface area contributed by atoms with Crippen LogP contribution in [0.2, 0.25) is 0 Å². The number of urea groups is 1. The average molecular weight is 677 g/mol. The van der Waals surface area contributed by atoms with Gasteiger partial charge in [0.2, 0.25) is 23.5 Å². The predicted octanol–water partition coefficient (Wildman–Crippen LogP) is 2.48. The van der Waals surface area contributed by atoms with Gasteiger partial charge >= 0.3 is 6.03 Å². The molecule has 2 rings (SSSR count). The Morgan fingerprint density at radius 2 is 1.65 bits per heavy atom. The van der Waals surface area contributed by atoms with Crippen molar-refractivity contribution in [2.45, 2.75) is 131 Å². The number of nitrogens with zero attached hydrogens (tertiary/aromatic N) is 2. The van der Waals surface area contributed by atoms with Gasteiger partial charge in [-0.15, -0.1) is 6.58 Å². The van der Waals surface area contributed by atoms with Gasteiger partial charge in [-0.3, -0.25) is 24.0 Å². The fraction of sp³-hybridized carbons (Fsp3) is 0.771. The minimum Gasteiger partial charge on any atom is -0.374 e. The molecule has 2 saturated heterocycles. The number of rotatable bonds is 15. The second-order valence-electron chi connectivity index (χ2n) is 15.6. The van der Waals surface area contributed by atoms with Crippen molar-refractivity contribution in [3.8, 4) is 0 Å². The summed E-state index contributed by atoms with van der Waals surface area (Å²) in [6, 6.07) is -4.14.